The maximum atomic E-state index is 10.1. The Labute approximate surface area is 97.2 Å². The third kappa shape index (κ3) is 1.36. The number of fused-ring (bicyclic) bond motifs is 2. The minimum atomic E-state index is -0.122. The summed E-state index contributed by atoms with van der Waals surface area (Å²) < 4.78 is 0. The van der Waals surface area contributed by atoms with Gasteiger partial charge in [-0.1, -0.05) is 24.3 Å². The van der Waals surface area contributed by atoms with Crippen LogP contribution < -0.4 is 0 Å². The van der Waals surface area contributed by atoms with Gasteiger partial charge in [0.15, 0.2) is 0 Å². The predicted molar refractivity (Wildman–Crippen MR) is 66.4 cm³/mol. The average Bonchev–Trinajstić information content (AvgIpc) is 2.28. The third-order valence-electron chi connectivity index (χ3n) is 2.90. The van der Waals surface area contributed by atoms with Gasteiger partial charge in [-0.25, -0.2) is 0 Å². The molecular formula is C14H10O3. The van der Waals surface area contributed by atoms with Crippen LogP contribution in [0.5, 0.6) is 17.2 Å². The molecular weight excluding hydrogens is 216 g/mol. The van der Waals surface area contributed by atoms with Crippen LogP contribution in [0, 0.1) is 0 Å². The van der Waals surface area contributed by atoms with Gasteiger partial charge in [0.2, 0.25) is 0 Å². The Hall–Kier alpha value is -2.42. The maximum absolute atomic E-state index is 10.1. The Morgan fingerprint density at radius 1 is 0.765 bits per heavy atom. The number of hydrogen-bond acceptors (Lipinski definition) is 3. The summed E-state index contributed by atoms with van der Waals surface area (Å²) >= 11 is 0. The lowest BCUT2D eigenvalue weighted by molar-refractivity contribution is 0.450. The van der Waals surface area contributed by atoms with E-state index in [1.165, 1.54) is 12.1 Å². The van der Waals surface area contributed by atoms with E-state index in [1.54, 1.807) is 6.07 Å². The number of phenolic OH excluding ortho intramolecular Hbond substituents is 3. The van der Waals surface area contributed by atoms with Crippen LogP contribution in [0.2, 0.25) is 0 Å². The molecule has 3 nitrogen and oxygen atoms in total. The van der Waals surface area contributed by atoms with Crippen LogP contribution in [0.4, 0.5) is 0 Å². The van der Waals surface area contributed by atoms with Gasteiger partial charge in [0.1, 0.15) is 17.2 Å². The molecule has 0 fully saturated rings. The average molecular weight is 226 g/mol. The van der Waals surface area contributed by atoms with Crippen LogP contribution >= 0.6 is 0 Å². The summed E-state index contributed by atoms with van der Waals surface area (Å²) in [5.41, 5.74) is 0. The summed E-state index contributed by atoms with van der Waals surface area (Å²) in [5, 5.41) is 31.9. The molecule has 3 rings (SSSR count). The van der Waals surface area contributed by atoms with Crippen molar-refractivity contribution in [1.82, 2.24) is 0 Å². The van der Waals surface area contributed by atoms with Crippen molar-refractivity contribution in [2.45, 2.75) is 0 Å². The van der Waals surface area contributed by atoms with E-state index < -0.39 is 0 Å². The molecule has 0 aromatic heterocycles. The second-order valence-corrected chi connectivity index (χ2v) is 4.01. The van der Waals surface area contributed by atoms with Crippen LogP contribution in [-0.2, 0) is 0 Å². The van der Waals surface area contributed by atoms with Crippen molar-refractivity contribution in [2.24, 2.45) is 0 Å². The van der Waals surface area contributed by atoms with Crippen LogP contribution in [0.15, 0.2) is 42.5 Å². The molecule has 0 atom stereocenters. The number of hydrogen-bond donors (Lipinski definition) is 3. The van der Waals surface area contributed by atoms with Crippen molar-refractivity contribution in [3.05, 3.63) is 42.5 Å². The van der Waals surface area contributed by atoms with Gasteiger partial charge in [-0.2, -0.15) is 0 Å². The number of aromatic hydroxyl groups is 3. The van der Waals surface area contributed by atoms with Gasteiger partial charge in [-0.3, -0.25) is 0 Å². The van der Waals surface area contributed by atoms with E-state index in [-0.39, 0.29) is 17.2 Å². The molecule has 3 N–H and O–H groups in total. The highest BCUT2D eigenvalue weighted by molar-refractivity contribution is 6.07. The van der Waals surface area contributed by atoms with Crippen molar-refractivity contribution in [3.63, 3.8) is 0 Å². The second kappa shape index (κ2) is 3.28. The summed E-state index contributed by atoms with van der Waals surface area (Å²) in [6.07, 6.45) is 0. The van der Waals surface area contributed by atoms with Gasteiger partial charge in [-0.15, -0.1) is 0 Å². The quantitative estimate of drug-likeness (QED) is 0.516. The Balaban J connectivity index is 2.59. The largest absolute Gasteiger partial charge is 0.508 e. The summed E-state index contributed by atoms with van der Waals surface area (Å²) in [4.78, 5) is 0. The maximum Gasteiger partial charge on any atom is 0.134 e. The first kappa shape index (κ1) is 9.78. The van der Waals surface area contributed by atoms with Crippen molar-refractivity contribution >= 4 is 21.5 Å². The molecule has 0 aliphatic rings. The fraction of sp³-hybridized carbons (Fsp3) is 0. The lowest BCUT2D eigenvalue weighted by Crippen LogP contribution is -1.80. The Bertz CT molecular complexity index is 732. The van der Waals surface area contributed by atoms with E-state index in [1.807, 2.05) is 24.3 Å². The van der Waals surface area contributed by atoms with E-state index in [9.17, 15) is 15.3 Å². The molecule has 84 valence electrons. The van der Waals surface area contributed by atoms with E-state index in [2.05, 4.69) is 0 Å². The van der Waals surface area contributed by atoms with E-state index in [0.717, 1.165) is 5.39 Å². The Morgan fingerprint density at radius 3 is 2.35 bits per heavy atom. The van der Waals surface area contributed by atoms with E-state index in [0.29, 0.717) is 16.2 Å². The monoisotopic (exact) mass is 226 g/mol. The van der Waals surface area contributed by atoms with Gasteiger partial charge in [0.05, 0.1) is 5.39 Å². The van der Waals surface area contributed by atoms with Gasteiger partial charge in [-0.05, 0) is 22.9 Å². The van der Waals surface area contributed by atoms with Gasteiger partial charge in [0.25, 0.3) is 0 Å². The first-order chi connectivity index (χ1) is 8.16. The summed E-state index contributed by atoms with van der Waals surface area (Å²) in [5.74, 6) is -0.108. The van der Waals surface area contributed by atoms with Gasteiger partial charge >= 0.3 is 0 Å². The minimum absolute atomic E-state index is 0.0234. The minimum Gasteiger partial charge on any atom is -0.508 e. The molecule has 0 aliphatic heterocycles. The predicted octanol–water partition coefficient (Wildman–Crippen LogP) is 3.11. The van der Waals surface area contributed by atoms with Crippen molar-refractivity contribution < 1.29 is 15.3 Å². The standard InChI is InChI=1S/C14H10O3/c15-10-6-9-5-8-3-1-2-4-11(8)14(17)13(9)12(16)7-10/h1-7,15-17H. The molecule has 0 heterocycles. The lowest BCUT2D eigenvalue weighted by atomic mass is 10.0. The molecule has 0 amide bonds. The molecule has 0 spiro atoms. The molecule has 0 bridgehead atoms. The Kier molecular flexibility index (Phi) is 1.89. The molecule has 17 heavy (non-hydrogen) atoms. The lowest BCUT2D eigenvalue weighted by Gasteiger charge is -2.08. The summed E-state index contributed by atoms with van der Waals surface area (Å²) in [7, 11) is 0. The zero-order valence-electron chi connectivity index (χ0n) is 8.88. The smallest absolute Gasteiger partial charge is 0.134 e. The molecule has 0 unspecified atom stereocenters. The highest BCUT2D eigenvalue weighted by Gasteiger charge is 2.11. The molecule has 0 aliphatic carbocycles. The molecule has 3 aromatic carbocycles. The highest BCUT2D eigenvalue weighted by atomic mass is 16.3. The van der Waals surface area contributed by atoms with Crippen LogP contribution in [0.3, 0.4) is 0 Å². The highest BCUT2D eigenvalue weighted by Crippen LogP contribution is 2.40. The summed E-state index contributed by atoms with van der Waals surface area (Å²) in [6.45, 7) is 0. The van der Waals surface area contributed by atoms with Crippen LogP contribution in [-0.4, -0.2) is 15.3 Å². The van der Waals surface area contributed by atoms with Crippen molar-refractivity contribution in [3.8, 4) is 17.2 Å². The molecule has 0 radical (unpaired) electrons. The molecule has 3 aromatic rings. The fourth-order valence-corrected chi connectivity index (χ4v) is 2.15. The summed E-state index contributed by atoms with van der Waals surface area (Å²) in [6, 6.07) is 11.9. The molecule has 0 saturated heterocycles. The van der Waals surface area contributed by atoms with Crippen molar-refractivity contribution in [2.75, 3.05) is 0 Å². The molecule has 3 heteroatoms. The number of phenols is 3. The normalized spacial score (nSPS) is 11.1. The van der Waals surface area contributed by atoms with E-state index >= 15 is 0 Å². The topological polar surface area (TPSA) is 60.7 Å². The van der Waals surface area contributed by atoms with Crippen LogP contribution in [0.1, 0.15) is 0 Å². The fourth-order valence-electron chi connectivity index (χ4n) is 2.15. The van der Waals surface area contributed by atoms with Gasteiger partial charge < -0.3 is 15.3 Å². The first-order valence-corrected chi connectivity index (χ1v) is 5.23. The van der Waals surface area contributed by atoms with Crippen molar-refractivity contribution in [1.29, 1.82) is 0 Å². The molecule has 0 saturated carbocycles. The zero-order valence-corrected chi connectivity index (χ0v) is 8.88. The van der Waals surface area contributed by atoms with Crippen LogP contribution in [0.25, 0.3) is 21.5 Å². The second-order valence-electron chi connectivity index (χ2n) is 4.01. The van der Waals surface area contributed by atoms with E-state index in [4.69, 9.17) is 0 Å². The zero-order chi connectivity index (χ0) is 12.0. The first-order valence-electron chi connectivity index (χ1n) is 5.23. The number of rotatable bonds is 0. The van der Waals surface area contributed by atoms with Gasteiger partial charge in [0, 0.05) is 11.5 Å². The Morgan fingerprint density at radius 2 is 1.53 bits per heavy atom. The SMILES string of the molecule is Oc1cc(O)c2c(O)c3ccccc3cc2c1. The third-order valence-corrected chi connectivity index (χ3v) is 2.90. The number of benzene rings is 3.